The summed E-state index contributed by atoms with van der Waals surface area (Å²) in [5.41, 5.74) is 3.18. The van der Waals surface area contributed by atoms with E-state index in [1.165, 1.54) is 0 Å². The van der Waals surface area contributed by atoms with Gasteiger partial charge in [-0.05, 0) is 68.2 Å². The third-order valence-corrected chi connectivity index (χ3v) is 4.64. The van der Waals surface area contributed by atoms with Crippen molar-refractivity contribution in [2.24, 2.45) is 0 Å². The van der Waals surface area contributed by atoms with Crippen LogP contribution >= 0.6 is 0 Å². The predicted molar refractivity (Wildman–Crippen MR) is 121 cm³/mol. The molecule has 6 nitrogen and oxygen atoms in total. The average Bonchev–Trinajstić information content (AvgIpc) is 2.81. The molecule has 6 heteroatoms. The summed E-state index contributed by atoms with van der Waals surface area (Å²) in [4.78, 5) is 29.3. The van der Waals surface area contributed by atoms with E-state index < -0.39 is 0 Å². The summed E-state index contributed by atoms with van der Waals surface area (Å²) >= 11 is 0. The number of carbonyl (C=O) groups excluding carboxylic acids is 2. The minimum atomic E-state index is -0.236. The molecule has 0 radical (unpaired) electrons. The maximum absolute atomic E-state index is 13.2. The molecule has 2 amide bonds. The Kier molecular flexibility index (Phi) is 7.15. The Hall–Kier alpha value is -3.95. The molecule has 0 saturated heterocycles. The van der Waals surface area contributed by atoms with Gasteiger partial charge in [-0.3, -0.25) is 19.4 Å². The van der Waals surface area contributed by atoms with Crippen LogP contribution in [0, 0.1) is 11.3 Å². The lowest BCUT2D eigenvalue weighted by Crippen LogP contribution is -2.38. The Morgan fingerprint density at radius 2 is 1.61 bits per heavy atom. The van der Waals surface area contributed by atoms with Crippen LogP contribution in [0.2, 0.25) is 0 Å². The van der Waals surface area contributed by atoms with E-state index in [1.807, 2.05) is 67.5 Å². The lowest BCUT2D eigenvalue weighted by atomic mass is 10.1. The first-order chi connectivity index (χ1) is 15.0. The maximum Gasteiger partial charge on any atom is 0.259 e. The Morgan fingerprint density at radius 1 is 0.903 bits per heavy atom. The highest BCUT2D eigenvalue weighted by molar-refractivity contribution is 6.06. The molecule has 0 fully saturated rings. The minimum Gasteiger partial charge on any atom is -0.348 e. The first kappa shape index (κ1) is 21.8. The zero-order valence-corrected chi connectivity index (χ0v) is 17.6. The summed E-state index contributed by atoms with van der Waals surface area (Å²) in [7, 11) is 3.83. The van der Waals surface area contributed by atoms with E-state index in [2.05, 4.69) is 5.32 Å². The first-order valence-corrected chi connectivity index (χ1v) is 9.87. The van der Waals surface area contributed by atoms with Gasteiger partial charge in [-0.2, -0.15) is 5.26 Å². The third kappa shape index (κ3) is 5.78. The topological polar surface area (TPSA) is 76.4 Å². The number of nitriles is 1. The summed E-state index contributed by atoms with van der Waals surface area (Å²) in [5, 5.41) is 11.7. The van der Waals surface area contributed by atoms with Crippen LogP contribution in [0.5, 0.6) is 0 Å². The molecule has 1 N–H and O–H groups in total. The fourth-order valence-electron chi connectivity index (χ4n) is 3.10. The molecule has 3 aromatic carbocycles. The fourth-order valence-corrected chi connectivity index (χ4v) is 3.10. The number of hydrogen-bond acceptors (Lipinski definition) is 4. The number of benzene rings is 3. The smallest absolute Gasteiger partial charge is 0.259 e. The molecule has 0 aromatic heterocycles. The van der Waals surface area contributed by atoms with Crippen LogP contribution in [0.15, 0.2) is 78.9 Å². The maximum atomic E-state index is 13.2. The van der Waals surface area contributed by atoms with E-state index in [9.17, 15) is 9.59 Å². The molecule has 0 unspecified atom stereocenters. The van der Waals surface area contributed by atoms with Gasteiger partial charge in [-0.25, -0.2) is 0 Å². The molecule has 0 spiro atoms. The Morgan fingerprint density at radius 3 is 2.26 bits per heavy atom. The van der Waals surface area contributed by atoms with Crippen molar-refractivity contribution in [3.8, 4) is 6.07 Å². The van der Waals surface area contributed by atoms with E-state index in [4.69, 9.17) is 5.26 Å². The number of anilines is 1. The van der Waals surface area contributed by atoms with Gasteiger partial charge >= 0.3 is 0 Å². The van der Waals surface area contributed by atoms with Crippen LogP contribution in [0.25, 0.3) is 0 Å². The van der Waals surface area contributed by atoms with E-state index in [0.29, 0.717) is 29.9 Å². The van der Waals surface area contributed by atoms with Crippen molar-refractivity contribution in [1.29, 1.82) is 5.26 Å². The first-order valence-electron chi connectivity index (χ1n) is 9.87. The Bertz CT molecular complexity index is 1090. The van der Waals surface area contributed by atoms with Crippen LogP contribution in [-0.4, -0.2) is 37.5 Å². The van der Waals surface area contributed by atoms with E-state index in [-0.39, 0.29) is 11.8 Å². The number of rotatable bonds is 7. The van der Waals surface area contributed by atoms with Crippen LogP contribution in [0.3, 0.4) is 0 Å². The Balaban J connectivity index is 1.73. The summed E-state index contributed by atoms with van der Waals surface area (Å²) < 4.78 is 0. The van der Waals surface area contributed by atoms with Crippen molar-refractivity contribution < 1.29 is 9.59 Å². The van der Waals surface area contributed by atoms with Crippen LogP contribution in [0.4, 0.5) is 5.69 Å². The molecule has 156 valence electrons. The predicted octanol–water partition coefficient (Wildman–Crippen LogP) is 3.65. The number of para-hydroxylation sites is 1. The molecule has 0 aliphatic rings. The van der Waals surface area contributed by atoms with E-state index >= 15 is 0 Å². The molecular formula is C25H24N4O2. The number of nitrogens with one attached hydrogen (secondary N) is 1. The van der Waals surface area contributed by atoms with Crippen molar-refractivity contribution in [3.05, 3.63) is 101 Å². The molecular weight excluding hydrogens is 388 g/mol. The van der Waals surface area contributed by atoms with Gasteiger partial charge in [0.15, 0.2) is 0 Å². The van der Waals surface area contributed by atoms with Crippen molar-refractivity contribution in [2.75, 3.05) is 25.7 Å². The van der Waals surface area contributed by atoms with Gasteiger partial charge in [0.05, 0.1) is 18.3 Å². The number of carbonyl (C=O) groups is 2. The molecule has 0 atom stereocenters. The highest BCUT2D eigenvalue weighted by Gasteiger charge is 2.18. The monoisotopic (exact) mass is 412 g/mol. The van der Waals surface area contributed by atoms with E-state index in [1.54, 1.807) is 41.3 Å². The van der Waals surface area contributed by atoms with Crippen molar-refractivity contribution in [3.63, 3.8) is 0 Å². The second-order valence-corrected chi connectivity index (χ2v) is 7.36. The molecule has 0 heterocycles. The quantitative estimate of drug-likeness (QED) is 0.601. The van der Waals surface area contributed by atoms with Gasteiger partial charge in [0.1, 0.15) is 0 Å². The van der Waals surface area contributed by atoms with Gasteiger partial charge < -0.3 is 5.32 Å². The lowest BCUT2D eigenvalue weighted by Gasteiger charge is -2.26. The number of nitrogens with zero attached hydrogens (tertiary/aromatic N) is 3. The summed E-state index contributed by atoms with van der Waals surface area (Å²) in [6.45, 7) is 0.738. The fraction of sp³-hybridized carbons (Fsp3) is 0.160. The van der Waals surface area contributed by atoms with Gasteiger partial charge in [0, 0.05) is 23.4 Å². The van der Waals surface area contributed by atoms with Crippen LogP contribution in [0.1, 0.15) is 31.8 Å². The minimum absolute atomic E-state index is 0.111. The third-order valence-electron chi connectivity index (χ3n) is 4.64. The lowest BCUT2D eigenvalue weighted by molar-refractivity contribution is 0.0949. The van der Waals surface area contributed by atoms with E-state index in [0.717, 1.165) is 11.3 Å². The molecule has 0 aliphatic heterocycles. The molecule has 3 rings (SSSR count). The van der Waals surface area contributed by atoms with Crippen molar-refractivity contribution >= 4 is 17.5 Å². The van der Waals surface area contributed by atoms with Crippen molar-refractivity contribution in [1.82, 2.24) is 10.2 Å². The highest BCUT2D eigenvalue weighted by atomic mass is 16.2. The second-order valence-electron chi connectivity index (χ2n) is 7.36. The SMILES string of the molecule is CN(C)CN(C(=O)c1cccc(CNC(=O)c2ccc(C#N)cc2)c1)c1ccccc1. The van der Waals surface area contributed by atoms with Gasteiger partial charge in [0.25, 0.3) is 11.8 Å². The summed E-state index contributed by atoms with van der Waals surface area (Å²) in [6.07, 6.45) is 0. The summed E-state index contributed by atoms with van der Waals surface area (Å²) in [5.74, 6) is -0.347. The number of hydrogen-bond donors (Lipinski definition) is 1. The standard InChI is InChI=1S/C25H24N4O2/c1-28(2)18-29(23-9-4-3-5-10-23)25(31)22-8-6-7-20(15-22)17-27-24(30)21-13-11-19(16-26)12-14-21/h3-15H,17-18H2,1-2H3,(H,27,30). The van der Waals surface area contributed by atoms with Gasteiger partial charge in [0.2, 0.25) is 0 Å². The average molecular weight is 412 g/mol. The van der Waals surface area contributed by atoms with Crippen molar-refractivity contribution in [2.45, 2.75) is 6.54 Å². The van der Waals surface area contributed by atoms with Gasteiger partial charge in [-0.1, -0.05) is 30.3 Å². The normalized spacial score (nSPS) is 10.4. The second kappa shape index (κ2) is 10.2. The largest absolute Gasteiger partial charge is 0.348 e. The molecule has 3 aromatic rings. The Labute approximate surface area is 182 Å². The summed E-state index contributed by atoms with van der Waals surface area (Å²) in [6, 6.07) is 25.3. The van der Waals surface area contributed by atoms with Crippen LogP contribution < -0.4 is 10.2 Å². The zero-order chi connectivity index (χ0) is 22.2. The van der Waals surface area contributed by atoms with Gasteiger partial charge in [-0.15, -0.1) is 0 Å². The molecule has 0 bridgehead atoms. The van der Waals surface area contributed by atoms with Crippen LogP contribution in [-0.2, 0) is 6.54 Å². The zero-order valence-electron chi connectivity index (χ0n) is 17.6. The number of amides is 2. The molecule has 0 aliphatic carbocycles. The molecule has 0 saturated carbocycles. The highest BCUT2D eigenvalue weighted by Crippen LogP contribution is 2.18. The molecule has 31 heavy (non-hydrogen) atoms.